The minimum Gasteiger partial charge on any atom is -0.412 e. The number of benzene rings is 3. The molecule has 0 amide bonds. The van der Waals surface area contributed by atoms with Gasteiger partial charge < -0.3 is 11.2 Å². The van der Waals surface area contributed by atoms with E-state index in [1.165, 1.54) is 16.7 Å². The fraction of sp³-hybridized carbons (Fsp3) is 0.143. The molecule has 3 rings (SSSR count). The summed E-state index contributed by atoms with van der Waals surface area (Å²) in [6.07, 6.45) is 0.880. The second-order valence-corrected chi connectivity index (χ2v) is 5.54. The van der Waals surface area contributed by atoms with Gasteiger partial charge in [0.05, 0.1) is 0 Å². The van der Waals surface area contributed by atoms with Gasteiger partial charge in [-0.05, 0) is 29.7 Å². The standard InChI is InChI=1S/C21H21N.H2O/c22-17-16-21(18-10-4-1-5-11-18,19-12-6-2-7-13-19)20-14-8-3-9-15-20;/h1-15H,16-17,22H2;1H2. The summed E-state index contributed by atoms with van der Waals surface area (Å²) in [5, 5.41) is 0. The zero-order valence-electron chi connectivity index (χ0n) is 13.2. The van der Waals surface area contributed by atoms with E-state index in [1.807, 2.05) is 0 Å². The summed E-state index contributed by atoms with van der Waals surface area (Å²) in [5.74, 6) is 0. The second-order valence-electron chi connectivity index (χ2n) is 5.54. The normalized spacial score (nSPS) is 10.8. The maximum atomic E-state index is 6.03. The molecule has 0 aliphatic rings. The van der Waals surface area contributed by atoms with Crippen LogP contribution in [-0.2, 0) is 5.41 Å². The first-order chi connectivity index (χ1) is 10.9. The number of rotatable bonds is 5. The van der Waals surface area contributed by atoms with Crippen LogP contribution in [0.2, 0.25) is 0 Å². The van der Waals surface area contributed by atoms with Gasteiger partial charge in [-0.2, -0.15) is 0 Å². The summed E-state index contributed by atoms with van der Waals surface area (Å²) in [6, 6.07) is 32.0. The number of nitrogens with two attached hydrogens (primary N) is 1. The van der Waals surface area contributed by atoms with Crippen molar-refractivity contribution in [2.75, 3.05) is 6.54 Å². The summed E-state index contributed by atoms with van der Waals surface area (Å²) in [7, 11) is 0. The van der Waals surface area contributed by atoms with Crippen LogP contribution in [0.1, 0.15) is 23.1 Å². The van der Waals surface area contributed by atoms with Crippen LogP contribution >= 0.6 is 0 Å². The van der Waals surface area contributed by atoms with E-state index >= 15 is 0 Å². The summed E-state index contributed by atoms with van der Waals surface area (Å²) in [5.41, 5.74) is 9.70. The van der Waals surface area contributed by atoms with Gasteiger partial charge in [0.15, 0.2) is 0 Å². The zero-order valence-corrected chi connectivity index (χ0v) is 13.2. The molecule has 0 saturated carbocycles. The van der Waals surface area contributed by atoms with Crippen molar-refractivity contribution in [2.24, 2.45) is 5.73 Å². The van der Waals surface area contributed by atoms with Crippen LogP contribution in [0.15, 0.2) is 91.0 Å². The van der Waals surface area contributed by atoms with E-state index in [0.717, 1.165) is 6.42 Å². The van der Waals surface area contributed by atoms with E-state index < -0.39 is 0 Å². The Labute approximate surface area is 137 Å². The smallest absolute Gasteiger partial charge is 0.0463 e. The van der Waals surface area contributed by atoms with Crippen molar-refractivity contribution >= 4 is 0 Å². The molecule has 0 saturated heterocycles. The summed E-state index contributed by atoms with van der Waals surface area (Å²) in [6.45, 7) is 0.638. The lowest BCUT2D eigenvalue weighted by Gasteiger charge is -2.36. The second kappa shape index (κ2) is 7.73. The molecule has 2 heteroatoms. The third kappa shape index (κ3) is 3.19. The Kier molecular flexibility index (Phi) is 5.69. The SMILES string of the molecule is NCCC(c1ccccc1)(c1ccccc1)c1ccccc1.O. The highest BCUT2D eigenvalue weighted by Crippen LogP contribution is 2.41. The molecule has 3 aromatic rings. The Hall–Kier alpha value is -2.42. The van der Waals surface area contributed by atoms with E-state index in [-0.39, 0.29) is 10.9 Å². The van der Waals surface area contributed by atoms with Crippen molar-refractivity contribution in [1.29, 1.82) is 0 Å². The lowest BCUT2D eigenvalue weighted by atomic mass is 9.67. The van der Waals surface area contributed by atoms with Gasteiger partial charge in [-0.15, -0.1) is 0 Å². The lowest BCUT2D eigenvalue weighted by molar-refractivity contribution is 0.568. The molecule has 0 atom stereocenters. The quantitative estimate of drug-likeness (QED) is 0.720. The van der Waals surface area contributed by atoms with Gasteiger partial charge in [-0.3, -0.25) is 0 Å². The predicted octanol–water partition coefficient (Wildman–Crippen LogP) is 3.55. The van der Waals surface area contributed by atoms with Gasteiger partial charge in [0, 0.05) is 5.41 Å². The van der Waals surface area contributed by atoms with Gasteiger partial charge in [-0.25, -0.2) is 0 Å². The molecule has 0 heterocycles. The molecule has 3 aromatic carbocycles. The first-order valence-electron chi connectivity index (χ1n) is 7.74. The van der Waals surface area contributed by atoms with Crippen LogP contribution in [0, 0.1) is 0 Å². The minimum absolute atomic E-state index is 0. The zero-order chi connectivity index (χ0) is 15.3. The summed E-state index contributed by atoms with van der Waals surface area (Å²) >= 11 is 0. The predicted molar refractivity (Wildman–Crippen MR) is 96.5 cm³/mol. The molecule has 0 aliphatic heterocycles. The number of hydrogen-bond acceptors (Lipinski definition) is 1. The highest BCUT2D eigenvalue weighted by molar-refractivity contribution is 5.50. The highest BCUT2D eigenvalue weighted by atomic mass is 16.0. The van der Waals surface area contributed by atoms with E-state index in [9.17, 15) is 0 Å². The van der Waals surface area contributed by atoms with Crippen molar-refractivity contribution in [2.45, 2.75) is 11.8 Å². The average molecular weight is 305 g/mol. The molecule has 23 heavy (non-hydrogen) atoms. The van der Waals surface area contributed by atoms with Crippen LogP contribution < -0.4 is 5.73 Å². The van der Waals surface area contributed by atoms with Crippen molar-refractivity contribution in [3.05, 3.63) is 108 Å². The Morgan fingerprint density at radius 2 is 0.870 bits per heavy atom. The third-order valence-corrected chi connectivity index (χ3v) is 4.32. The highest BCUT2D eigenvalue weighted by Gasteiger charge is 2.35. The van der Waals surface area contributed by atoms with Crippen LogP contribution in [0.4, 0.5) is 0 Å². The lowest BCUT2D eigenvalue weighted by Crippen LogP contribution is -2.32. The van der Waals surface area contributed by atoms with Crippen molar-refractivity contribution in [3.8, 4) is 0 Å². The Balaban J connectivity index is 0.00000192. The van der Waals surface area contributed by atoms with Crippen LogP contribution in [0.25, 0.3) is 0 Å². The largest absolute Gasteiger partial charge is 0.412 e. The van der Waals surface area contributed by atoms with Crippen molar-refractivity contribution in [3.63, 3.8) is 0 Å². The van der Waals surface area contributed by atoms with E-state index in [0.29, 0.717) is 6.54 Å². The van der Waals surface area contributed by atoms with Crippen LogP contribution in [0.3, 0.4) is 0 Å². The maximum Gasteiger partial charge on any atom is 0.0463 e. The Morgan fingerprint density at radius 1 is 0.565 bits per heavy atom. The van der Waals surface area contributed by atoms with Crippen LogP contribution in [0.5, 0.6) is 0 Å². The first-order valence-corrected chi connectivity index (χ1v) is 7.74. The Morgan fingerprint density at radius 3 is 1.13 bits per heavy atom. The molecule has 0 spiro atoms. The van der Waals surface area contributed by atoms with Crippen LogP contribution in [-0.4, -0.2) is 12.0 Å². The molecular formula is C21H23NO. The van der Waals surface area contributed by atoms with Gasteiger partial charge >= 0.3 is 0 Å². The van der Waals surface area contributed by atoms with Gasteiger partial charge in [0.25, 0.3) is 0 Å². The molecule has 4 N–H and O–H groups in total. The topological polar surface area (TPSA) is 57.5 Å². The number of hydrogen-bond donors (Lipinski definition) is 1. The van der Waals surface area contributed by atoms with Gasteiger partial charge in [0.1, 0.15) is 0 Å². The average Bonchev–Trinajstić information content (AvgIpc) is 2.62. The molecule has 0 bridgehead atoms. The summed E-state index contributed by atoms with van der Waals surface area (Å²) < 4.78 is 0. The fourth-order valence-corrected chi connectivity index (χ4v) is 3.32. The van der Waals surface area contributed by atoms with E-state index in [2.05, 4.69) is 91.0 Å². The van der Waals surface area contributed by atoms with Crippen molar-refractivity contribution in [1.82, 2.24) is 0 Å². The maximum absolute atomic E-state index is 6.03. The fourth-order valence-electron chi connectivity index (χ4n) is 3.32. The minimum atomic E-state index is -0.196. The van der Waals surface area contributed by atoms with E-state index in [4.69, 9.17) is 5.73 Å². The summed E-state index contributed by atoms with van der Waals surface area (Å²) in [4.78, 5) is 0. The van der Waals surface area contributed by atoms with Crippen molar-refractivity contribution < 1.29 is 5.48 Å². The molecule has 118 valence electrons. The third-order valence-electron chi connectivity index (χ3n) is 4.32. The van der Waals surface area contributed by atoms with E-state index in [1.54, 1.807) is 0 Å². The Bertz CT molecular complexity index is 599. The molecule has 0 unspecified atom stereocenters. The monoisotopic (exact) mass is 305 g/mol. The first kappa shape index (κ1) is 16.9. The molecule has 2 nitrogen and oxygen atoms in total. The molecule has 0 aliphatic carbocycles. The molecule has 0 aromatic heterocycles. The molecule has 0 radical (unpaired) electrons. The molecular weight excluding hydrogens is 282 g/mol. The van der Waals surface area contributed by atoms with Gasteiger partial charge in [-0.1, -0.05) is 91.0 Å². The molecule has 0 fully saturated rings. The van der Waals surface area contributed by atoms with Gasteiger partial charge in [0.2, 0.25) is 0 Å².